The maximum absolute atomic E-state index is 13.4. The fourth-order valence-corrected chi connectivity index (χ4v) is 3.49. The first-order chi connectivity index (χ1) is 12.4. The summed E-state index contributed by atoms with van der Waals surface area (Å²) in [6.45, 7) is 13.0. The van der Waals surface area contributed by atoms with Gasteiger partial charge in [-0.3, -0.25) is 4.79 Å². The first kappa shape index (κ1) is 18.6. The van der Waals surface area contributed by atoms with E-state index in [1.165, 1.54) is 5.56 Å². The van der Waals surface area contributed by atoms with Crippen LogP contribution in [0.5, 0.6) is 0 Å². The first-order valence-electron chi connectivity index (χ1n) is 9.47. The molecule has 140 valence electrons. The number of amides is 1. The van der Waals surface area contributed by atoms with Crippen molar-refractivity contribution in [3.8, 4) is 5.69 Å². The summed E-state index contributed by atoms with van der Waals surface area (Å²) in [6, 6.07) is 8.28. The summed E-state index contributed by atoms with van der Waals surface area (Å²) in [4.78, 5) is 15.3. The molecule has 0 unspecified atom stereocenters. The van der Waals surface area contributed by atoms with Crippen molar-refractivity contribution in [2.24, 2.45) is 0 Å². The molecule has 0 saturated carbocycles. The molecule has 1 amide bonds. The molecule has 5 heteroatoms. The summed E-state index contributed by atoms with van der Waals surface area (Å²) >= 11 is 0. The molecule has 1 aliphatic rings. The molecule has 3 rings (SSSR count). The Bertz CT molecular complexity index is 787. The molecule has 5 nitrogen and oxygen atoms in total. The molecule has 1 aromatic carbocycles. The zero-order valence-corrected chi connectivity index (χ0v) is 16.5. The van der Waals surface area contributed by atoms with Crippen LogP contribution < -0.4 is 0 Å². The van der Waals surface area contributed by atoms with Crippen molar-refractivity contribution in [3.05, 3.63) is 46.8 Å². The largest absolute Gasteiger partial charge is 0.378 e. The number of rotatable bonds is 4. The molecule has 0 aliphatic carbocycles. The Balaban J connectivity index is 2.16. The molecule has 0 radical (unpaired) electrons. The van der Waals surface area contributed by atoms with E-state index in [0.29, 0.717) is 26.3 Å². The lowest BCUT2D eigenvalue weighted by molar-refractivity contribution is 0.0301. The van der Waals surface area contributed by atoms with E-state index in [4.69, 9.17) is 9.84 Å². The number of carbonyl (C=O) groups is 1. The monoisotopic (exact) mass is 355 g/mol. The van der Waals surface area contributed by atoms with Crippen molar-refractivity contribution in [2.45, 2.75) is 46.5 Å². The van der Waals surface area contributed by atoms with Gasteiger partial charge in [0.1, 0.15) is 0 Å². The minimum absolute atomic E-state index is 0.0830. The van der Waals surface area contributed by atoms with Crippen molar-refractivity contribution >= 4 is 5.91 Å². The normalized spacial score (nSPS) is 15.1. The van der Waals surface area contributed by atoms with Crippen LogP contribution in [0.3, 0.4) is 0 Å². The van der Waals surface area contributed by atoms with E-state index >= 15 is 0 Å². The lowest BCUT2D eigenvalue weighted by Gasteiger charge is -2.27. The van der Waals surface area contributed by atoms with Gasteiger partial charge in [0.15, 0.2) is 0 Å². The molecule has 0 N–H and O–H groups in total. The zero-order valence-electron chi connectivity index (χ0n) is 16.5. The summed E-state index contributed by atoms with van der Waals surface area (Å²) in [5, 5.41) is 4.90. The van der Waals surface area contributed by atoms with Gasteiger partial charge in [-0.1, -0.05) is 39.8 Å². The molecule has 0 spiro atoms. The highest BCUT2D eigenvalue weighted by molar-refractivity contribution is 5.97. The third-order valence-electron chi connectivity index (χ3n) is 4.80. The molecule has 2 aromatic rings. The van der Waals surface area contributed by atoms with Crippen LogP contribution in [0, 0.1) is 6.92 Å². The highest BCUT2D eigenvalue weighted by atomic mass is 16.5. The lowest BCUT2D eigenvalue weighted by Crippen LogP contribution is -2.41. The van der Waals surface area contributed by atoms with E-state index < -0.39 is 0 Å². The Hall–Kier alpha value is -2.14. The zero-order chi connectivity index (χ0) is 18.8. The highest BCUT2D eigenvalue weighted by Crippen LogP contribution is 2.31. The van der Waals surface area contributed by atoms with Gasteiger partial charge in [0.25, 0.3) is 5.91 Å². The Morgan fingerprint density at radius 3 is 2.38 bits per heavy atom. The second-order valence-electron chi connectivity index (χ2n) is 7.61. The predicted octanol–water partition coefficient (Wildman–Crippen LogP) is 3.90. The van der Waals surface area contributed by atoms with E-state index in [0.717, 1.165) is 22.6 Å². The van der Waals surface area contributed by atoms with Crippen LogP contribution >= 0.6 is 0 Å². The standard InChI is InChI=1S/C21H29N3O2/c1-14(2)19-18(21(25)23-9-11-26-12-10-23)20(15(3)4)24(22-19)17-8-6-7-16(5)13-17/h6-8,13-15H,9-12H2,1-5H3. The number of benzene rings is 1. The minimum atomic E-state index is 0.0830. The van der Waals surface area contributed by atoms with Crippen LogP contribution in [0.25, 0.3) is 5.69 Å². The van der Waals surface area contributed by atoms with Gasteiger partial charge in [0, 0.05) is 13.1 Å². The van der Waals surface area contributed by atoms with Crippen LogP contribution in [-0.2, 0) is 4.74 Å². The summed E-state index contributed by atoms with van der Waals surface area (Å²) < 4.78 is 7.39. The molecule has 0 bridgehead atoms. The summed E-state index contributed by atoms with van der Waals surface area (Å²) in [5.74, 6) is 0.452. The van der Waals surface area contributed by atoms with Crippen LogP contribution in [0.15, 0.2) is 24.3 Å². The maximum atomic E-state index is 13.4. The second kappa shape index (κ2) is 7.62. The molecule has 1 fully saturated rings. The van der Waals surface area contributed by atoms with Gasteiger partial charge in [-0.25, -0.2) is 4.68 Å². The fourth-order valence-electron chi connectivity index (χ4n) is 3.49. The number of nitrogens with zero attached hydrogens (tertiary/aromatic N) is 3. The average molecular weight is 355 g/mol. The molecular weight excluding hydrogens is 326 g/mol. The van der Waals surface area contributed by atoms with E-state index in [-0.39, 0.29) is 17.7 Å². The van der Waals surface area contributed by atoms with Crippen molar-refractivity contribution in [2.75, 3.05) is 26.3 Å². The van der Waals surface area contributed by atoms with Crippen LogP contribution in [0.4, 0.5) is 0 Å². The Kier molecular flexibility index (Phi) is 5.47. The quantitative estimate of drug-likeness (QED) is 0.836. The topological polar surface area (TPSA) is 47.4 Å². The molecule has 1 aliphatic heterocycles. The smallest absolute Gasteiger partial charge is 0.257 e. The number of hydrogen-bond acceptors (Lipinski definition) is 3. The number of hydrogen-bond donors (Lipinski definition) is 0. The third kappa shape index (κ3) is 3.54. The Morgan fingerprint density at radius 2 is 1.81 bits per heavy atom. The number of ether oxygens (including phenoxy) is 1. The molecular formula is C21H29N3O2. The van der Waals surface area contributed by atoms with Gasteiger partial charge < -0.3 is 9.64 Å². The maximum Gasteiger partial charge on any atom is 0.257 e. The van der Waals surface area contributed by atoms with Gasteiger partial charge in [-0.05, 0) is 36.5 Å². The minimum Gasteiger partial charge on any atom is -0.378 e. The predicted molar refractivity (Wildman–Crippen MR) is 103 cm³/mol. The van der Waals surface area contributed by atoms with E-state index in [2.05, 4.69) is 52.8 Å². The van der Waals surface area contributed by atoms with Crippen molar-refractivity contribution in [1.82, 2.24) is 14.7 Å². The molecule has 1 aromatic heterocycles. The molecule has 26 heavy (non-hydrogen) atoms. The molecule has 2 heterocycles. The van der Waals surface area contributed by atoms with Gasteiger partial charge >= 0.3 is 0 Å². The fraction of sp³-hybridized carbons (Fsp3) is 0.524. The van der Waals surface area contributed by atoms with Gasteiger partial charge in [0.2, 0.25) is 0 Å². The first-order valence-corrected chi connectivity index (χ1v) is 9.47. The van der Waals surface area contributed by atoms with Gasteiger partial charge in [-0.15, -0.1) is 0 Å². The molecule has 0 atom stereocenters. The van der Waals surface area contributed by atoms with Gasteiger partial charge in [-0.2, -0.15) is 5.10 Å². The highest BCUT2D eigenvalue weighted by Gasteiger charge is 2.31. The van der Waals surface area contributed by atoms with Crippen LogP contribution in [0.2, 0.25) is 0 Å². The Labute approximate surface area is 156 Å². The third-order valence-corrected chi connectivity index (χ3v) is 4.80. The summed E-state index contributed by atoms with van der Waals surface area (Å²) in [5.41, 5.74) is 4.84. The Morgan fingerprint density at radius 1 is 1.12 bits per heavy atom. The van der Waals surface area contributed by atoms with Crippen molar-refractivity contribution < 1.29 is 9.53 Å². The average Bonchev–Trinajstić information content (AvgIpc) is 3.03. The summed E-state index contributed by atoms with van der Waals surface area (Å²) in [6.07, 6.45) is 0. The lowest BCUT2D eigenvalue weighted by atomic mass is 9.97. The summed E-state index contributed by atoms with van der Waals surface area (Å²) in [7, 11) is 0. The van der Waals surface area contributed by atoms with Crippen molar-refractivity contribution in [1.29, 1.82) is 0 Å². The van der Waals surface area contributed by atoms with Gasteiger partial charge in [0.05, 0.1) is 35.9 Å². The van der Waals surface area contributed by atoms with Crippen LogP contribution in [-0.4, -0.2) is 46.9 Å². The second-order valence-corrected chi connectivity index (χ2v) is 7.61. The number of aromatic nitrogens is 2. The number of aryl methyl sites for hydroxylation is 1. The SMILES string of the molecule is Cc1cccc(-n2nc(C(C)C)c(C(=O)N3CCOCC3)c2C(C)C)c1. The van der Waals surface area contributed by atoms with E-state index in [1.807, 2.05) is 15.6 Å². The molecule has 1 saturated heterocycles. The van der Waals surface area contributed by atoms with Crippen molar-refractivity contribution in [3.63, 3.8) is 0 Å². The van der Waals surface area contributed by atoms with Crippen LogP contribution in [0.1, 0.15) is 66.8 Å². The number of morpholine rings is 1. The van der Waals surface area contributed by atoms with E-state index in [1.54, 1.807) is 0 Å². The number of carbonyl (C=O) groups excluding carboxylic acids is 1. The van der Waals surface area contributed by atoms with E-state index in [9.17, 15) is 4.79 Å².